The Morgan fingerprint density at radius 2 is 2.26 bits per heavy atom. The van der Waals surface area contributed by atoms with Crippen LogP contribution in [0.25, 0.3) is 0 Å². The van der Waals surface area contributed by atoms with Gasteiger partial charge in [0, 0.05) is 4.88 Å². The molecule has 0 saturated carbocycles. The Labute approximate surface area is 138 Å². The first kappa shape index (κ1) is 14.5. The second kappa shape index (κ2) is 5.85. The van der Waals surface area contributed by atoms with E-state index in [4.69, 9.17) is 9.47 Å². The van der Waals surface area contributed by atoms with Gasteiger partial charge in [-0.15, -0.1) is 11.3 Å². The molecular formula is C17H18N2O3S. The minimum Gasteiger partial charge on any atom is -0.454 e. The zero-order valence-electron chi connectivity index (χ0n) is 12.9. The summed E-state index contributed by atoms with van der Waals surface area (Å²) in [5.74, 6) is 2.09. The molecule has 1 amide bonds. The summed E-state index contributed by atoms with van der Waals surface area (Å²) in [7, 11) is 0. The topological polar surface area (TPSA) is 60.5 Å². The summed E-state index contributed by atoms with van der Waals surface area (Å²) in [5, 5.41) is 3.64. The Morgan fingerprint density at radius 1 is 1.39 bits per heavy atom. The molecule has 1 N–H and O–H groups in total. The number of aryl methyl sites for hydroxylation is 1. The van der Waals surface area contributed by atoms with Gasteiger partial charge >= 0.3 is 0 Å². The Morgan fingerprint density at radius 3 is 3.17 bits per heavy atom. The Bertz CT molecular complexity index is 756. The number of fused-ring (bicyclic) bond motifs is 2. The first-order chi connectivity index (χ1) is 11.2. The fourth-order valence-corrected chi connectivity index (χ4v) is 4.18. The van der Waals surface area contributed by atoms with E-state index in [1.807, 2.05) is 18.2 Å². The van der Waals surface area contributed by atoms with Crippen molar-refractivity contribution < 1.29 is 14.3 Å². The first-order valence-corrected chi connectivity index (χ1v) is 8.66. The summed E-state index contributed by atoms with van der Waals surface area (Å²) in [6, 6.07) is 5.59. The largest absolute Gasteiger partial charge is 0.454 e. The monoisotopic (exact) mass is 330 g/mol. The number of rotatable bonds is 3. The van der Waals surface area contributed by atoms with Crippen LogP contribution < -0.4 is 14.8 Å². The molecule has 4 rings (SSSR count). The molecule has 1 atom stereocenters. The van der Waals surface area contributed by atoms with E-state index < -0.39 is 0 Å². The predicted molar refractivity (Wildman–Crippen MR) is 88.2 cm³/mol. The summed E-state index contributed by atoms with van der Waals surface area (Å²) in [6.07, 6.45) is 3.58. The number of hydrogen-bond donors (Lipinski definition) is 1. The second-order valence-electron chi connectivity index (χ2n) is 6.15. The standard InChI is InChI=1S/C17H18N2O3S/c1-10-2-4-12-15(6-10)23-17(18-12)19-16(20)8-11-3-5-13-14(7-11)22-9-21-13/h3,5,7,10H,2,4,6,8-9H2,1H3,(H,18,19,20). The van der Waals surface area contributed by atoms with E-state index >= 15 is 0 Å². The maximum Gasteiger partial charge on any atom is 0.231 e. The molecule has 1 aliphatic carbocycles. The van der Waals surface area contributed by atoms with Crippen LogP contribution in [0.1, 0.15) is 29.5 Å². The number of carbonyl (C=O) groups is 1. The van der Waals surface area contributed by atoms with Crippen molar-refractivity contribution >= 4 is 22.4 Å². The van der Waals surface area contributed by atoms with Crippen LogP contribution in [0.15, 0.2) is 18.2 Å². The molecule has 0 bridgehead atoms. The number of ether oxygens (including phenoxy) is 2. The van der Waals surface area contributed by atoms with Gasteiger partial charge in [-0.2, -0.15) is 0 Å². The fourth-order valence-electron chi connectivity index (χ4n) is 2.99. The van der Waals surface area contributed by atoms with Crippen LogP contribution in [0.4, 0.5) is 5.13 Å². The third-order valence-corrected chi connectivity index (χ3v) is 5.27. The molecule has 2 aromatic rings. The molecule has 2 heterocycles. The summed E-state index contributed by atoms with van der Waals surface area (Å²) >= 11 is 1.61. The quantitative estimate of drug-likeness (QED) is 0.939. The van der Waals surface area contributed by atoms with Crippen molar-refractivity contribution in [2.24, 2.45) is 5.92 Å². The van der Waals surface area contributed by atoms with Crippen LogP contribution in [-0.2, 0) is 24.1 Å². The minimum atomic E-state index is -0.0528. The molecule has 0 fully saturated rings. The zero-order valence-corrected chi connectivity index (χ0v) is 13.7. The lowest BCUT2D eigenvalue weighted by Gasteiger charge is -2.15. The SMILES string of the molecule is CC1CCc2nc(NC(=O)Cc3ccc4c(c3)OCO4)sc2C1. The van der Waals surface area contributed by atoms with Crippen molar-refractivity contribution in [3.8, 4) is 11.5 Å². The zero-order chi connectivity index (χ0) is 15.8. The molecule has 120 valence electrons. The lowest BCUT2D eigenvalue weighted by atomic mass is 9.93. The fraction of sp³-hybridized carbons (Fsp3) is 0.412. The van der Waals surface area contributed by atoms with Gasteiger partial charge in [-0.25, -0.2) is 4.98 Å². The highest BCUT2D eigenvalue weighted by molar-refractivity contribution is 7.15. The third-order valence-electron chi connectivity index (χ3n) is 4.23. The molecule has 0 saturated heterocycles. The van der Waals surface area contributed by atoms with Gasteiger partial charge in [0.25, 0.3) is 0 Å². The first-order valence-electron chi connectivity index (χ1n) is 7.84. The van der Waals surface area contributed by atoms with Gasteiger partial charge in [-0.1, -0.05) is 13.0 Å². The Balaban J connectivity index is 1.42. The molecule has 6 heteroatoms. The minimum absolute atomic E-state index is 0.0528. The average molecular weight is 330 g/mol. The van der Waals surface area contributed by atoms with E-state index in [1.165, 1.54) is 11.3 Å². The van der Waals surface area contributed by atoms with Gasteiger partial charge in [0.05, 0.1) is 12.1 Å². The molecule has 5 nitrogen and oxygen atoms in total. The summed E-state index contributed by atoms with van der Waals surface area (Å²) in [4.78, 5) is 18.1. The predicted octanol–water partition coefficient (Wildman–Crippen LogP) is 3.18. The highest BCUT2D eigenvalue weighted by atomic mass is 32.1. The van der Waals surface area contributed by atoms with Crippen LogP contribution in [0, 0.1) is 5.92 Å². The van der Waals surface area contributed by atoms with Gasteiger partial charge in [0.15, 0.2) is 16.6 Å². The normalized spacial score (nSPS) is 18.6. The Kier molecular flexibility index (Phi) is 3.69. The van der Waals surface area contributed by atoms with E-state index in [0.29, 0.717) is 18.1 Å². The van der Waals surface area contributed by atoms with Crippen LogP contribution in [0.5, 0.6) is 11.5 Å². The molecule has 1 aromatic carbocycles. The number of carbonyl (C=O) groups excluding carboxylic acids is 1. The lowest BCUT2D eigenvalue weighted by Crippen LogP contribution is -2.14. The van der Waals surface area contributed by atoms with E-state index in [0.717, 1.165) is 35.0 Å². The number of aromatic nitrogens is 1. The number of anilines is 1. The van der Waals surface area contributed by atoms with Crippen molar-refractivity contribution in [3.63, 3.8) is 0 Å². The van der Waals surface area contributed by atoms with Gasteiger partial charge in [0.1, 0.15) is 0 Å². The molecule has 23 heavy (non-hydrogen) atoms. The number of benzene rings is 1. The van der Waals surface area contributed by atoms with Crippen LogP contribution >= 0.6 is 11.3 Å². The van der Waals surface area contributed by atoms with Gasteiger partial charge in [-0.3, -0.25) is 4.79 Å². The molecule has 1 aliphatic heterocycles. The highest BCUT2D eigenvalue weighted by Gasteiger charge is 2.21. The summed E-state index contributed by atoms with van der Waals surface area (Å²) < 4.78 is 10.6. The smallest absolute Gasteiger partial charge is 0.231 e. The van der Waals surface area contributed by atoms with Crippen molar-refractivity contribution in [2.45, 2.75) is 32.6 Å². The van der Waals surface area contributed by atoms with Crippen molar-refractivity contribution in [1.82, 2.24) is 4.98 Å². The average Bonchev–Trinajstić information content (AvgIpc) is 3.11. The van der Waals surface area contributed by atoms with Crippen molar-refractivity contribution in [2.75, 3.05) is 12.1 Å². The third kappa shape index (κ3) is 3.03. The lowest BCUT2D eigenvalue weighted by molar-refractivity contribution is -0.115. The van der Waals surface area contributed by atoms with Gasteiger partial charge in [0.2, 0.25) is 12.7 Å². The highest BCUT2D eigenvalue weighted by Crippen LogP contribution is 2.33. The Hall–Kier alpha value is -2.08. The number of nitrogens with one attached hydrogen (secondary N) is 1. The molecule has 1 aromatic heterocycles. The van der Waals surface area contributed by atoms with Crippen LogP contribution in [-0.4, -0.2) is 17.7 Å². The van der Waals surface area contributed by atoms with Crippen molar-refractivity contribution in [1.29, 1.82) is 0 Å². The molecular weight excluding hydrogens is 312 g/mol. The number of hydrogen-bond acceptors (Lipinski definition) is 5. The van der Waals surface area contributed by atoms with Gasteiger partial charge < -0.3 is 14.8 Å². The molecule has 0 spiro atoms. The van der Waals surface area contributed by atoms with E-state index in [2.05, 4.69) is 17.2 Å². The molecule has 0 radical (unpaired) electrons. The maximum atomic E-state index is 12.2. The second-order valence-corrected chi connectivity index (χ2v) is 7.23. The van der Waals surface area contributed by atoms with Crippen LogP contribution in [0.2, 0.25) is 0 Å². The molecule has 2 aliphatic rings. The number of amides is 1. The summed E-state index contributed by atoms with van der Waals surface area (Å²) in [6.45, 7) is 2.51. The van der Waals surface area contributed by atoms with Crippen LogP contribution in [0.3, 0.4) is 0 Å². The van der Waals surface area contributed by atoms with E-state index in [1.54, 1.807) is 11.3 Å². The van der Waals surface area contributed by atoms with Crippen molar-refractivity contribution in [3.05, 3.63) is 34.3 Å². The summed E-state index contributed by atoms with van der Waals surface area (Å²) in [5.41, 5.74) is 2.06. The van der Waals surface area contributed by atoms with E-state index in [-0.39, 0.29) is 12.7 Å². The number of thiazole rings is 1. The van der Waals surface area contributed by atoms with E-state index in [9.17, 15) is 4.79 Å². The maximum absolute atomic E-state index is 12.2. The van der Waals surface area contributed by atoms with Gasteiger partial charge in [-0.05, 0) is 42.9 Å². The number of nitrogens with zero attached hydrogens (tertiary/aromatic N) is 1. The molecule has 1 unspecified atom stereocenters.